The predicted octanol–water partition coefficient (Wildman–Crippen LogP) is 2.80. The van der Waals surface area contributed by atoms with Crippen molar-refractivity contribution in [3.8, 4) is 0 Å². The summed E-state index contributed by atoms with van der Waals surface area (Å²) in [6, 6.07) is 3.90. The quantitative estimate of drug-likeness (QED) is 0.867. The number of nitrogens with zero attached hydrogens (tertiary/aromatic N) is 2. The van der Waals surface area contributed by atoms with E-state index in [1.54, 1.807) is 6.20 Å². The number of hydrogen-bond acceptors (Lipinski definition) is 4. The third kappa shape index (κ3) is 2.90. The first-order chi connectivity index (χ1) is 13.1. The zero-order valence-electron chi connectivity index (χ0n) is 16.3. The maximum Gasteiger partial charge on any atom is 0.267 e. The first-order valence-electron chi connectivity index (χ1n) is 10.6. The first-order valence-corrected chi connectivity index (χ1v) is 10.6. The van der Waals surface area contributed by atoms with E-state index in [0.29, 0.717) is 17.5 Å². The average Bonchev–Trinajstić information content (AvgIpc) is 3.27. The SMILES string of the molecule is CO[C@]1(c2ccnc(C(N)=O)c2)[C@@H]2CCC[C@H]1CN(C[C@H]1C[C@@H]3C[C@@H]3C1)C2. The maximum absolute atomic E-state index is 11.7. The van der Waals surface area contributed by atoms with Crippen LogP contribution < -0.4 is 5.73 Å². The number of amides is 1. The van der Waals surface area contributed by atoms with Crippen molar-refractivity contribution in [1.82, 2.24) is 9.88 Å². The Hall–Kier alpha value is -1.46. The molecule has 1 aromatic rings. The second-order valence-corrected chi connectivity index (χ2v) is 9.43. The highest BCUT2D eigenvalue weighted by molar-refractivity contribution is 5.90. The number of fused-ring (bicyclic) bond motifs is 3. The molecule has 4 aliphatic rings. The topological polar surface area (TPSA) is 68.5 Å². The lowest BCUT2D eigenvalue weighted by Crippen LogP contribution is -2.59. The number of ether oxygens (including phenoxy) is 1. The molecule has 0 aromatic carbocycles. The van der Waals surface area contributed by atoms with Crippen LogP contribution in [-0.2, 0) is 10.3 Å². The number of carbonyl (C=O) groups excluding carboxylic acids is 1. The molecule has 5 heteroatoms. The Bertz CT molecular complexity index is 712. The van der Waals surface area contributed by atoms with Crippen molar-refractivity contribution in [2.24, 2.45) is 35.3 Å². The molecule has 2 N–H and O–H groups in total. The Morgan fingerprint density at radius 2 is 1.96 bits per heavy atom. The summed E-state index contributed by atoms with van der Waals surface area (Å²) in [5, 5.41) is 0. The van der Waals surface area contributed by atoms with Gasteiger partial charge >= 0.3 is 0 Å². The van der Waals surface area contributed by atoms with Crippen molar-refractivity contribution in [3.63, 3.8) is 0 Å². The summed E-state index contributed by atoms with van der Waals surface area (Å²) in [6.07, 6.45) is 9.77. The van der Waals surface area contributed by atoms with Gasteiger partial charge in [-0.25, -0.2) is 0 Å². The summed E-state index contributed by atoms with van der Waals surface area (Å²) in [5.74, 6) is 3.49. The lowest BCUT2D eigenvalue weighted by molar-refractivity contribution is -0.170. The molecule has 4 fully saturated rings. The Labute approximate surface area is 161 Å². The normalized spacial score (nSPS) is 40.6. The minimum absolute atomic E-state index is 0.306. The Kier molecular flexibility index (Phi) is 4.28. The highest BCUT2D eigenvalue weighted by atomic mass is 16.5. The Balaban J connectivity index is 1.40. The highest BCUT2D eigenvalue weighted by Gasteiger charge is 2.54. The number of rotatable bonds is 5. The van der Waals surface area contributed by atoms with E-state index in [4.69, 9.17) is 10.5 Å². The zero-order chi connectivity index (χ0) is 18.6. The number of pyridine rings is 1. The van der Waals surface area contributed by atoms with Crippen LogP contribution in [0.25, 0.3) is 0 Å². The summed E-state index contributed by atoms with van der Waals surface area (Å²) in [4.78, 5) is 18.5. The second kappa shape index (κ2) is 6.56. The molecule has 6 atom stereocenters. The fourth-order valence-electron chi connectivity index (χ4n) is 6.76. The van der Waals surface area contributed by atoms with Crippen LogP contribution in [0.2, 0.25) is 0 Å². The molecule has 2 heterocycles. The third-order valence-electron chi connectivity index (χ3n) is 7.93. The van der Waals surface area contributed by atoms with E-state index < -0.39 is 5.91 Å². The molecule has 5 rings (SSSR count). The van der Waals surface area contributed by atoms with Gasteiger partial charge < -0.3 is 15.4 Å². The molecule has 0 spiro atoms. The van der Waals surface area contributed by atoms with Crippen molar-refractivity contribution in [2.75, 3.05) is 26.7 Å². The Morgan fingerprint density at radius 1 is 1.26 bits per heavy atom. The van der Waals surface area contributed by atoms with Crippen LogP contribution in [0.3, 0.4) is 0 Å². The number of primary amides is 1. The molecule has 1 aliphatic heterocycles. The second-order valence-electron chi connectivity index (χ2n) is 9.43. The van der Waals surface area contributed by atoms with Crippen molar-refractivity contribution in [2.45, 2.75) is 44.1 Å². The molecular weight excluding hydrogens is 338 g/mol. The first kappa shape index (κ1) is 17.6. The van der Waals surface area contributed by atoms with Crippen LogP contribution in [0.1, 0.15) is 54.6 Å². The minimum atomic E-state index is -0.467. The number of methoxy groups -OCH3 is 1. The molecule has 1 amide bonds. The predicted molar refractivity (Wildman–Crippen MR) is 103 cm³/mol. The Morgan fingerprint density at radius 3 is 2.59 bits per heavy atom. The largest absolute Gasteiger partial charge is 0.373 e. The van der Waals surface area contributed by atoms with Crippen LogP contribution in [-0.4, -0.2) is 42.5 Å². The molecule has 1 aromatic heterocycles. The smallest absolute Gasteiger partial charge is 0.267 e. The van der Waals surface area contributed by atoms with Gasteiger partial charge in [-0.1, -0.05) is 6.42 Å². The van der Waals surface area contributed by atoms with Gasteiger partial charge in [-0.15, -0.1) is 0 Å². The highest BCUT2D eigenvalue weighted by Crippen LogP contribution is 2.55. The van der Waals surface area contributed by atoms with Crippen molar-refractivity contribution >= 4 is 5.91 Å². The van der Waals surface area contributed by atoms with Crippen LogP contribution in [0.15, 0.2) is 18.3 Å². The number of likely N-dealkylation sites (tertiary alicyclic amines) is 1. The van der Waals surface area contributed by atoms with Crippen molar-refractivity contribution in [1.29, 1.82) is 0 Å². The number of nitrogens with two attached hydrogens (primary N) is 1. The fraction of sp³-hybridized carbons (Fsp3) is 0.727. The third-order valence-corrected chi connectivity index (χ3v) is 7.93. The molecule has 0 unspecified atom stereocenters. The summed E-state index contributed by atoms with van der Waals surface area (Å²) in [7, 11) is 1.84. The number of hydrogen-bond donors (Lipinski definition) is 1. The molecule has 2 bridgehead atoms. The molecule has 5 nitrogen and oxygen atoms in total. The van der Waals surface area contributed by atoms with Gasteiger partial charge in [-0.2, -0.15) is 0 Å². The number of aromatic nitrogens is 1. The van der Waals surface area contributed by atoms with E-state index in [1.165, 1.54) is 45.1 Å². The van der Waals surface area contributed by atoms with Crippen molar-refractivity contribution in [3.05, 3.63) is 29.6 Å². The van der Waals surface area contributed by atoms with Gasteiger partial charge in [-0.05, 0) is 67.6 Å². The molecule has 146 valence electrons. The molecule has 27 heavy (non-hydrogen) atoms. The fourth-order valence-corrected chi connectivity index (χ4v) is 6.76. The average molecular weight is 370 g/mol. The molecular formula is C22H31N3O2. The number of piperidine rings is 1. The van der Waals surface area contributed by atoms with Gasteiger partial charge in [0.2, 0.25) is 0 Å². The van der Waals surface area contributed by atoms with Crippen molar-refractivity contribution < 1.29 is 9.53 Å². The van der Waals surface area contributed by atoms with Crippen LogP contribution in [0.4, 0.5) is 0 Å². The van der Waals surface area contributed by atoms with E-state index in [-0.39, 0.29) is 5.60 Å². The van der Waals surface area contributed by atoms with Crippen LogP contribution in [0, 0.1) is 29.6 Å². The van der Waals surface area contributed by atoms with Gasteiger partial charge in [0.15, 0.2) is 0 Å². The summed E-state index contributed by atoms with van der Waals surface area (Å²) < 4.78 is 6.30. The van der Waals surface area contributed by atoms with E-state index in [0.717, 1.165) is 36.4 Å². The lowest BCUT2D eigenvalue weighted by atomic mass is 9.62. The van der Waals surface area contributed by atoms with E-state index in [9.17, 15) is 4.79 Å². The van der Waals surface area contributed by atoms with Gasteiger partial charge in [-0.3, -0.25) is 9.78 Å². The van der Waals surface area contributed by atoms with Gasteiger partial charge in [0, 0.05) is 44.8 Å². The summed E-state index contributed by atoms with van der Waals surface area (Å²) in [5.41, 5.74) is 6.61. The maximum atomic E-state index is 11.7. The monoisotopic (exact) mass is 369 g/mol. The summed E-state index contributed by atoms with van der Waals surface area (Å²) >= 11 is 0. The van der Waals surface area contributed by atoms with Gasteiger partial charge in [0.25, 0.3) is 5.91 Å². The van der Waals surface area contributed by atoms with E-state index in [1.807, 2.05) is 19.2 Å². The lowest BCUT2D eigenvalue weighted by Gasteiger charge is -2.55. The molecule has 1 saturated heterocycles. The number of carbonyl (C=O) groups is 1. The molecule has 3 saturated carbocycles. The van der Waals surface area contributed by atoms with Gasteiger partial charge in [0.05, 0.1) is 0 Å². The molecule has 3 aliphatic carbocycles. The standard InChI is InChI=1S/C22H31N3O2/c1-27-22(17-5-6-24-20(10-17)21(23)26)18-3-2-4-19(22)13-25(12-18)11-14-7-15-9-16(15)8-14/h5-6,10,14-16,18-19H,2-4,7-9,11-13H2,1H3,(H2,23,26)/t14-,15+,16-,18-,19+,22-. The minimum Gasteiger partial charge on any atom is -0.373 e. The molecule has 0 radical (unpaired) electrons. The van der Waals surface area contributed by atoms with Crippen LogP contribution >= 0.6 is 0 Å². The van der Waals surface area contributed by atoms with E-state index >= 15 is 0 Å². The van der Waals surface area contributed by atoms with Gasteiger partial charge in [0.1, 0.15) is 11.3 Å². The van der Waals surface area contributed by atoms with E-state index in [2.05, 4.69) is 9.88 Å². The zero-order valence-corrected chi connectivity index (χ0v) is 16.3. The van der Waals surface area contributed by atoms with Crippen LogP contribution in [0.5, 0.6) is 0 Å². The summed E-state index contributed by atoms with van der Waals surface area (Å²) in [6.45, 7) is 3.47.